The Hall–Kier alpha value is -9.84. The number of likely N-dealkylation sites (tertiary alicyclic amines) is 1. The van der Waals surface area contributed by atoms with Crippen LogP contribution in [0.15, 0.2) is 188 Å². The van der Waals surface area contributed by atoms with Crippen molar-refractivity contribution in [2.45, 2.75) is 80.8 Å². The third-order valence-corrected chi connectivity index (χ3v) is 25.8. The maximum Gasteiger partial charge on any atom is 0.243 e. The molecular weight excluding hydrogens is 1380 g/mol. The second-order valence-corrected chi connectivity index (χ2v) is 33.0. The molecule has 0 aliphatic carbocycles. The van der Waals surface area contributed by atoms with Crippen LogP contribution in [0.4, 0.5) is 11.4 Å². The van der Waals surface area contributed by atoms with Crippen molar-refractivity contribution < 1.29 is 34.8 Å². The monoisotopic (exact) mass is 1460 g/mol. The summed E-state index contributed by atoms with van der Waals surface area (Å²) in [4.78, 5) is 31.4. The lowest BCUT2D eigenvalue weighted by molar-refractivity contribution is -0.130. The quantitative estimate of drug-likeness (QED) is 0.0804. The van der Waals surface area contributed by atoms with Crippen LogP contribution >= 0.6 is 0 Å². The average Bonchev–Trinajstić information content (AvgIpc) is 1.16. The maximum atomic E-state index is 12.7. The zero-order valence-electron chi connectivity index (χ0n) is 58.8. The van der Waals surface area contributed by atoms with Gasteiger partial charge in [0.05, 0.1) is 75.5 Å². The highest BCUT2D eigenvalue weighted by molar-refractivity contribution is 7.89. The van der Waals surface area contributed by atoms with Crippen LogP contribution in [0, 0.1) is 0 Å². The van der Waals surface area contributed by atoms with E-state index in [4.69, 9.17) is 0 Å². The number of hydrogen-bond donors (Lipinski definition) is 5. The normalized spacial score (nSPS) is 17.2. The summed E-state index contributed by atoms with van der Waals surface area (Å²) in [6.07, 6.45) is 16.1. The SMILES string of the molecule is CC(=O)N1CCC(c2cccc3[nH]ncc23)CC1.CC(=O)N1CCN(c2cccc3[nH]ncc23)CC1.CS(=O)(=O)N1CCC(c2cccc3[nH]ncc23)CC1.O=S(=O)(Cc1ccccc1)N1CCC(c2cccc3[nH]ncc23)CC1.O=S(=O)(c1ccccc1)N1CCN(c2cccc3[nH]ncc23)CC1. The molecule has 5 N–H and O–H groups in total. The minimum absolute atomic E-state index is 0.0792. The Morgan fingerprint density at radius 2 is 0.702 bits per heavy atom. The van der Waals surface area contributed by atoms with Gasteiger partial charge in [0.2, 0.25) is 41.9 Å². The van der Waals surface area contributed by atoms with Gasteiger partial charge in [0, 0.05) is 144 Å². The van der Waals surface area contributed by atoms with Crippen LogP contribution in [0.2, 0.25) is 0 Å². The number of fused-ring (bicyclic) bond motifs is 5. The van der Waals surface area contributed by atoms with Crippen molar-refractivity contribution in [2.75, 3.05) is 108 Å². The first-order valence-corrected chi connectivity index (χ1v) is 40.4. The van der Waals surface area contributed by atoms with Gasteiger partial charge in [-0.2, -0.15) is 29.8 Å². The van der Waals surface area contributed by atoms with Crippen LogP contribution < -0.4 is 9.80 Å². The number of carbonyl (C=O) groups excluding carboxylic acids is 2. The van der Waals surface area contributed by atoms with Gasteiger partial charge in [-0.05, 0) is 133 Å². The number of aromatic amines is 5. The number of piperidine rings is 3. The van der Waals surface area contributed by atoms with Crippen molar-refractivity contribution in [3.63, 3.8) is 0 Å². The third-order valence-electron chi connectivity index (χ3n) is 20.7. The number of anilines is 2. The average molecular weight is 1460 g/mol. The number of H-pyrrole nitrogens is 5. The molecule has 0 radical (unpaired) electrons. The van der Waals surface area contributed by atoms with E-state index in [0.29, 0.717) is 75.0 Å². The lowest BCUT2D eigenvalue weighted by Gasteiger charge is -2.35. The number of aromatic nitrogens is 10. The first-order valence-electron chi connectivity index (χ1n) is 35.5. The Labute approximate surface area is 606 Å². The van der Waals surface area contributed by atoms with Gasteiger partial charge in [-0.1, -0.05) is 97.1 Å². The Morgan fingerprint density at radius 3 is 1.10 bits per heavy atom. The van der Waals surface area contributed by atoms with Crippen molar-refractivity contribution in [1.29, 1.82) is 0 Å². The van der Waals surface area contributed by atoms with Crippen molar-refractivity contribution in [1.82, 2.24) is 73.7 Å². The standard InChI is InChI=1S/C19H21N3O2S.C17H18N4O2S.C14H17N3O.C13H16N4O.C13H17N3O2S/c23-25(24,14-15-5-2-1-3-6-15)22-11-9-16(10-12-22)17-7-4-8-19-18(17)13-20-21-19;22-24(23,14-5-2-1-3-6-14)21-11-9-20(10-12-21)17-8-4-7-16-15(17)13-18-19-16;1-10(18)17-7-5-11(6-8-17)12-3-2-4-14-13(12)9-15-16-14;1-10(18)16-5-7-17(8-6-16)13-4-2-3-12-11(13)9-14-15-12;1-19(17,18)16-7-5-10(6-8-16)11-3-2-4-13-12(11)9-14-15-13/h1-8,13,16H,9-12,14H2,(H,20,21);1-8,13H,9-12H2,(H,18,19);2-4,9,11H,5-8H2,1H3,(H,15,16);2-4,9H,5-8H2,1H3,(H,14,15);2-4,9-10H,5-8H2,1H3,(H,14,15). The molecule has 0 saturated carbocycles. The number of rotatable bonds is 11. The molecule has 5 saturated heterocycles. The minimum atomic E-state index is -3.41. The van der Waals surface area contributed by atoms with Crippen LogP contribution in [0.3, 0.4) is 0 Å². The molecule has 104 heavy (non-hydrogen) atoms. The van der Waals surface area contributed by atoms with Gasteiger partial charge in [0.15, 0.2) is 0 Å². The molecule has 28 heteroatoms. The van der Waals surface area contributed by atoms with Gasteiger partial charge in [0.25, 0.3) is 0 Å². The molecule has 10 heterocycles. The second-order valence-electron chi connectivity index (χ2n) is 27.1. The van der Waals surface area contributed by atoms with Crippen LogP contribution in [0.25, 0.3) is 54.5 Å². The van der Waals surface area contributed by atoms with E-state index in [0.717, 1.165) is 138 Å². The summed E-state index contributed by atoms with van der Waals surface area (Å²) < 4.78 is 78.5. The molecule has 544 valence electrons. The van der Waals surface area contributed by atoms with E-state index in [-0.39, 0.29) is 17.6 Å². The van der Waals surface area contributed by atoms with E-state index in [2.05, 4.69) is 103 Å². The summed E-state index contributed by atoms with van der Waals surface area (Å²) in [6.45, 7) is 13.0. The summed E-state index contributed by atoms with van der Waals surface area (Å²) in [7, 11) is -9.72. The molecule has 7 aromatic carbocycles. The number of piperazine rings is 2. The number of carbonyl (C=O) groups is 2. The van der Waals surface area contributed by atoms with Crippen molar-refractivity contribution in [3.05, 3.63) is 205 Å². The van der Waals surface area contributed by atoms with Gasteiger partial charge >= 0.3 is 0 Å². The van der Waals surface area contributed by atoms with E-state index in [1.165, 1.54) is 34.0 Å². The first-order chi connectivity index (χ1) is 50.4. The zero-order chi connectivity index (χ0) is 72.4. The van der Waals surface area contributed by atoms with E-state index in [1.807, 2.05) is 126 Å². The number of nitrogens with zero attached hydrogens (tertiary/aromatic N) is 12. The van der Waals surface area contributed by atoms with E-state index >= 15 is 0 Å². The molecule has 25 nitrogen and oxygen atoms in total. The Morgan fingerprint density at radius 1 is 0.365 bits per heavy atom. The van der Waals surface area contributed by atoms with E-state index in [9.17, 15) is 34.8 Å². The fraction of sp³-hybridized carbons (Fsp3) is 0.355. The number of nitrogens with one attached hydrogen (secondary N) is 5. The predicted molar refractivity (Wildman–Crippen MR) is 408 cm³/mol. The summed E-state index contributed by atoms with van der Waals surface area (Å²) in [6, 6.07) is 48.9. The highest BCUT2D eigenvalue weighted by atomic mass is 32.2. The summed E-state index contributed by atoms with van der Waals surface area (Å²) in [5.41, 5.74) is 12.3. The van der Waals surface area contributed by atoms with Gasteiger partial charge in [-0.15, -0.1) is 0 Å². The molecule has 17 rings (SSSR count). The number of hydrogen-bond acceptors (Lipinski definition) is 15. The molecule has 2 amide bonds. The fourth-order valence-electron chi connectivity index (χ4n) is 15.0. The van der Waals surface area contributed by atoms with Crippen LogP contribution in [0.1, 0.15) is 92.4 Å². The number of benzene rings is 7. The van der Waals surface area contributed by atoms with Crippen LogP contribution in [-0.4, -0.2) is 209 Å². The maximum absolute atomic E-state index is 12.7. The summed E-state index contributed by atoms with van der Waals surface area (Å²) in [5.74, 6) is 1.77. The van der Waals surface area contributed by atoms with Crippen LogP contribution in [-0.2, 0) is 45.4 Å². The minimum Gasteiger partial charge on any atom is -0.368 e. The van der Waals surface area contributed by atoms with Crippen molar-refractivity contribution in [3.8, 4) is 0 Å². The Kier molecular flexibility index (Phi) is 22.6. The summed E-state index contributed by atoms with van der Waals surface area (Å²) >= 11 is 0. The molecule has 0 bridgehead atoms. The molecule has 5 aliphatic rings. The first kappa shape index (κ1) is 72.5. The van der Waals surface area contributed by atoms with Gasteiger partial charge < -0.3 is 19.6 Å². The highest BCUT2D eigenvalue weighted by Crippen LogP contribution is 2.37. The number of sulfonamides is 3. The molecule has 12 aromatic rings. The zero-order valence-corrected chi connectivity index (χ0v) is 61.2. The second kappa shape index (κ2) is 32.4. The molecule has 5 fully saturated rings. The van der Waals surface area contributed by atoms with Gasteiger partial charge in [-0.3, -0.25) is 35.1 Å². The van der Waals surface area contributed by atoms with Crippen LogP contribution in [0.5, 0.6) is 0 Å². The summed E-state index contributed by atoms with van der Waals surface area (Å²) in [5, 5.41) is 41.2. The van der Waals surface area contributed by atoms with Crippen molar-refractivity contribution in [2.24, 2.45) is 0 Å². The lowest BCUT2D eigenvalue weighted by Crippen LogP contribution is -2.48. The topological polar surface area (TPSA) is 303 Å². The predicted octanol–water partition coefficient (Wildman–Crippen LogP) is 10.6. The highest BCUT2D eigenvalue weighted by Gasteiger charge is 2.33. The molecule has 0 unspecified atom stereocenters. The third kappa shape index (κ3) is 16.9. The molecule has 0 spiro atoms. The largest absolute Gasteiger partial charge is 0.368 e. The Balaban J connectivity index is 0.000000116. The molecule has 0 atom stereocenters. The van der Waals surface area contributed by atoms with E-state index < -0.39 is 30.1 Å². The molecule has 5 aromatic heterocycles. The van der Waals surface area contributed by atoms with Crippen molar-refractivity contribution >= 4 is 108 Å². The van der Waals surface area contributed by atoms with Gasteiger partial charge in [0.1, 0.15) is 0 Å². The smallest absolute Gasteiger partial charge is 0.243 e. The lowest BCUT2D eigenvalue weighted by atomic mass is 9.87. The van der Waals surface area contributed by atoms with E-state index in [1.54, 1.807) is 51.0 Å². The molecular formula is C76H89N17O8S3. The van der Waals surface area contributed by atoms with Gasteiger partial charge in [-0.25, -0.2) is 33.9 Å². The Bertz CT molecular complexity index is 5120. The molecule has 5 aliphatic heterocycles. The number of amides is 2. The fourth-order valence-corrected chi connectivity index (χ4v) is 18.9.